The Labute approximate surface area is 162 Å². The summed E-state index contributed by atoms with van der Waals surface area (Å²) in [5.41, 5.74) is 1.31. The van der Waals surface area contributed by atoms with Gasteiger partial charge in [0.2, 0.25) is 5.91 Å². The van der Waals surface area contributed by atoms with E-state index in [1.165, 1.54) is 4.57 Å². The third kappa shape index (κ3) is 3.83. The number of fused-ring (bicyclic) bond motifs is 1. The summed E-state index contributed by atoms with van der Waals surface area (Å²) in [5.74, 6) is 0.262. The maximum atomic E-state index is 12.5. The first-order valence-corrected chi connectivity index (χ1v) is 9.15. The zero-order valence-corrected chi connectivity index (χ0v) is 15.9. The molecule has 0 bridgehead atoms. The van der Waals surface area contributed by atoms with Crippen LogP contribution in [0.15, 0.2) is 27.8 Å². The summed E-state index contributed by atoms with van der Waals surface area (Å²) in [6, 6.07) is 7.70. The number of benzene rings is 1. The van der Waals surface area contributed by atoms with Crippen LogP contribution in [0.5, 0.6) is 5.75 Å². The maximum Gasteiger partial charge on any atom is 0.331 e. The molecule has 8 nitrogen and oxygen atoms in total. The highest BCUT2D eigenvalue weighted by Gasteiger charge is 2.23. The van der Waals surface area contributed by atoms with Crippen molar-refractivity contribution in [2.45, 2.75) is 39.8 Å². The van der Waals surface area contributed by atoms with E-state index in [0.717, 1.165) is 21.4 Å². The van der Waals surface area contributed by atoms with E-state index in [1.807, 2.05) is 38.1 Å². The van der Waals surface area contributed by atoms with Crippen LogP contribution in [0.25, 0.3) is 0 Å². The van der Waals surface area contributed by atoms with Crippen molar-refractivity contribution in [2.75, 3.05) is 13.2 Å². The second kappa shape index (κ2) is 8.13. The smallest absolute Gasteiger partial charge is 0.331 e. The van der Waals surface area contributed by atoms with Crippen LogP contribution in [0.1, 0.15) is 28.8 Å². The first-order chi connectivity index (χ1) is 13.4. The minimum Gasteiger partial charge on any atom is -0.491 e. The molecule has 1 aliphatic heterocycles. The molecule has 0 saturated heterocycles. The summed E-state index contributed by atoms with van der Waals surface area (Å²) < 4.78 is 7.88. The average molecular weight is 382 g/mol. The molecule has 0 spiro atoms. The van der Waals surface area contributed by atoms with Crippen molar-refractivity contribution in [3.05, 3.63) is 61.4 Å². The minimum absolute atomic E-state index is 0.0527. The zero-order valence-electron chi connectivity index (χ0n) is 15.9. The lowest BCUT2D eigenvalue weighted by atomic mass is 10.1. The first-order valence-electron chi connectivity index (χ1n) is 9.15. The Bertz CT molecular complexity index is 1080. The molecular formula is C20H22N4O4. The maximum absolute atomic E-state index is 12.5. The van der Waals surface area contributed by atoms with Crippen LogP contribution in [-0.4, -0.2) is 28.2 Å². The van der Waals surface area contributed by atoms with E-state index in [2.05, 4.69) is 5.32 Å². The van der Waals surface area contributed by atoms with E-state index in [9.17, 15) is 19.6 Å². The molecule has 0 saturated carbocycles. The van der Waals surface area contributed by atoms with Crippen molar-refractivity contribution < 1.29 is 9.53 Å². The molecule has 2 aromatic rings. The van der Waals surface area contributed by atoms with Crippen molar-refractivity contribution in [3.63, 3.8) is 0 Å². The molecule has 8 heteroatoms. The van der Waals surface area contributed by atoms with Gasteiger partial charge in [-0.2, -0.15) is 5.26 Å². The van der Waals surface area contributed by atoms with Crippen molar-refractivity contribution in [1.82, 2.24) is 14.5 Å². The molecule has 1 aromatic carbocycles. The highest BCUT2D eigenvalue weighted by Crippen LogP contribution is 2.18. The first kappa shape index (κ1) is 19.4. The summed E-state index contributed by atoms with van der Waals surface area (Å²) in [6.07, 6.45) is 1.23. The number of hydrogen-bond acceptors (Lipinski definition) is 5. The van der Waals surface area contributed by atoms with E-state index in [4.69, 9.17) is 4.74 Å². The van der Waals surface area contributed by atoms with Crippen molar-refractivity contribution in [2.24, 2.45) is 0 Å². The molecular weight excluding hydrogens is 360 g/mol. The van der Waals surface area contributed by atoms with Gasteiger partial charge in [-0.3, -0.25) is 14.2 Å². The minimum atomic E-state index is -0.706. The van der Waals surface area contributed by atoms with Crippen LogP contribution in [-0.2, 0) is 24.3 Å². The van der Waals surface area contributed by atoms with Gasteiger partial charge in [0.05, 0.1) is 6.54 Å². The van der Waals surface area contributed by atoms with Gasteiger partial charge in [-0.05, 0) is 38.3 Å². The molecule has 0 radical (unpaired) electrons. The molecule has 1 aliphatic rings. The lowest BCUT2D eigenvalue weighted by Crippen LogP contribution is -2.45. The normalized spacial score (nSPS) is 12.3. The predicted molar refractivity (Wildman–Crippen MR) is 102 cm³/mol. The van der Waals surface area contributed by atoms with Gasteiger partial charge >= 0.3 is 5.69 Å². The lowest BCUT2D eigenvalue weighted by Gasteiger charge is -2.12. The number of ether oxygens (including phenoxy) is 1. The fourth-order valence-electron chi connectivity index (χ4n) is 3.40. The van der Waals surface area contributed by atoms with E-state index in [1.54, 1.807) is 0 Å². The Morgan fingerprint density at radius 1 is 1.32 bits per heavy atom. The standard InChI is InChI=1S/C20H22N4O4/c1-13-5-6-17(14(2)10-13)28-9-7-22-18(25)12-24-19(26)15(11-21)16-4-3-8-23(16)20(24)27/h5-6,10H,3-4,7-9,12H2,1-2H3,(H,22,25). The molecule has 28 heavy (non-hydrogen) atoms. The van der Waals surface area contributed by atoms with Crippen LogP contribution < -0.4 is 21.3 Å². The summed E-state index contributed by atoms with van der Waals surface area (Å²) >= 11 is 0. The molecule has 0 unspecified atom stereocenters. The molecule has 1 aromatic heterocycles. The average Bonchev–Trinajstić information content (AvgIpc) is 3.14. The third-order valence-electron chi connectivity index (χ3n) is 4.76. The molecule has 0 fully saturated rings. The summed E-state index contributed by atoms with van der Waals surface area (Å²) in [6.45, 7) is 4.47. The third-order valence-corrected chi connectivity index (χ3v) is 4.76. The van der Waals surface area contributed by atoms with E-state index >= 15 is 0 Å². The van der Waals surface area contributed by atoms with Crippen LogP contribution in [0.3, 0.4) is 0 Å². The fourth-order valence-corrected chi connectivity index (χ4v) is 3.40. The lowest BCUT2D eigenvalue weighted by molar-refractivity contribution is -0.121. The summed E-state index contributed by atoms with van der Waals surface area (Å²) in [4.78, 5) is 37.1. The van der Waals surface area contributed by atoms with Crippen LogP contribution >= 0.6 is 0 Å². The fraction of sp³-hybridized carbons (Fsp3) is 0.400. The number of carbonyl (C=O) groups excluding carboxylic acids is 1. The van der Waals surface area contributed by atoms with Crippen LogP contribution in [0, 0.1) is 25.2 Å². The zero-order chi connectivity index (χ0) is 20.3. The molecule has 3 rings (SSSR count). The number of aromatic nitrogens is 2. The Balaban J connectivity index is 1.62. The second-order valence-electron chi connectivity index (χ2n) is 6.83. The van der Waals surface area contributed by atoms with E-state index in [0.29, 0.717) is 25.1 Å². The number of carbonyl (C=O) groups is 1. The number of amides is 1. The number of nitriles is 1. The number of nitrogens with zero attached hydrogens (tertiary/aromatic N) is 3. The van der Waals surface area contributed by atoms with Crippen molar-refractivity contribution in [3.8, 4) is 11.8 Å². The SMILES string of the molecule is Cc1ccc(OCCNC(=O)Cn2c(=O)c(C#N)c3n(c2=O)CCC3)c(C)c1. The monoisotopic (exact) mass is 382 g/mol. The largest absolute Gasteiger partial charge is 0.491 e. The predicted octanol–water partition coefficient (Wildman–Crippen LogP) is 0.640. The van der Waals surface area contributed by atoms with Gasteiger partial charge in [0.1, 0.15) is 30.5 Å². The molecule has 1 amide bonds. The molecule has 146 valence electrons. The van der Waals surface area contributed by atoms with Gasteiger partial charge in [0, 0.05) is 12.2 Å². The number of aryl methyl sites for hydroxylation is 2. The van der Waals surface area contributed by atoms with Gasteiger partial charge in [-0.15, -0.1) is 0 Å². The van der Waals surface area contributed by atoms with Gasteiger partial charge in [-0.1, -0.05) is 17.7 Å². The van der Waals surface area contributed by atoms with Crippen molar-refractivity contribution >= 4 is 5.91 Å². The van der Waals surface area contributed by atoms with Gasteiger partial charge < -0.3 is 10.1 Å². The molecule has 1 N–H and O–H groups in total. The Hall–Kier alpha value is -3.34. The highest BCUT2D eigenvalue weighted by molar-refractivity contribution is 5.75. The number of rotatable bonds is 6. The van der Waals surface area contributed by atoms with Crippen LogP contribution in [0.2, 0.25) is 0 Å². The van der Waals surface area contributed by atoms with Gasteiger partial charge in [0.15, 0.2) is 0 Å². The van der Waals surface area contributed by atoms with Gasteiger partial charge in [-0.25, -0.2) is 9.36 Å². The van der Waals surface area contributed by atoms with Gasteiger partial charge in [0.25, 0.3) is 5.56 Å². The van der Waals surface area contributed by atoms with Crippen molar-refractivity contribution in [1.29, 1.82) is 5.26 Å². The Morgan fingerprint density at radius 3 is 2.82 bits per heavy atom. The Kier molecular flexibility index (Phi) is 5.64. The van der Waals surface area contributed by atoms with Crippen LogP contribution in [0.4, 0.5) is 0 Å². The summed E-state index contributed by atoms with van der Waals surface area (Å²) in [5, 5.41) is 11.9. The van der Waals surface area contributed by atoms with E-state index in [-0.39, 0.29) is 18.7 Å². The topological polar surface area (TPSA) is 106 Å². The highest BCUT2D eigenvalue weighted by atomic mass is 16.5. The molecule has 2 heterocycles. The second-order valence-corrected chi connectivity index (χ2v) is 6.83. The number of nitrogens with one attached hydrogen (secondary N) is 1. The summed E-state index contributed by atoms with van der Waals surface area (Å²) in [7, 11) is 0. The Morgan fingerprint density at radius 2 is 2.11 bits per heavy atom. The molecule has 0 aliphatic carbocycles. The molecule has 0 atom stereocenters. The number of hydrogen-bond donors (Lipinski definition) is 1. The quantitative estimate of drug-likeness (QED) is 0.738. The van der Waals surface area contributed by atoms with E-state index < -0.39 is 23.7 Å².